The number of hydrogen-bond donors (Lipinski definition) is 0. The second-order valence-corrected chi connectivity index (χ2v) is 46.6. The molecule has 0 aromatic heterocycles. The fourth-order valence-corrected chi connectivity index (χ4v) is 28.1. The minimum atomic E-state index is -4.14. The monoisotopic (exact) mass is 474 g/mol. The number of fused-ring (bicyclic) bond motifs is 1. The minimum absolute atomic E-state index is 0.180. The molecule has 0 saturated heterocycles. The van der Waals surface area contributed by atoms with E-state index in [1.807, 2.05) is 0 Å². The standard InChI is InChI=1S/C15H11.C5H5.C2H6Si.2ClH.Zr/c1-2-6-12(7-3-1)14-10-4-8-13-9-5-11-15(13)14;1-2-4-5-3-1;1-3-2;;;/h1-11H;1-5H;1-2H3;2*1H;/q;;;;;+2/p-2. The molecule has 0 saturated carbocycles. The molecule has 0 aliphatic heterocycles. The van der Waals surface area contributed by atoms with Gasteiger partial charge in [-0.05, 0) is 0 Å². The van der Waals surface area contributed by atoms with Crippen LogP contribution in [-0.2, 0) is 15.0 Å². The SMILES string of the molecule is C[Si](C)=[Zr]([Cl])([Cl])([CH]1C=CC=C1)[CH]1C=Cc2c(-c3ccccc3)cccc21. The third kappa shape index (κ3) is 2.73. The van der Waals surface area contributed by atoms with Crippen LogP contribution in [0.5, 0.6) is 0 Å². The van der Waals surface area contributed by atoms with Crippen molar-refractivity contribution in [2.24, 2.45) is 0 Å². The van der Waals surface area contributed by atoms with Crippen LogP contribution >= 0.6 is 17.0 Å². The first-order valence-electron chi connectivity index (χ1n) is 9.02. The number of allylic oxidation sites excluding steroid dienone is 5. The molecule has 0 heterocycles. The van der Waals surface area contributed by atoms with Crippen molar-refractivity contribution in [3.8, 4) is 11.1 Å². The van der Waals surface area contributed by atoms with Gasteiger partial charge in [-0.15, -0.1) is 0 Å². The summed E-state index contributed by atoms with van der Waals surface area (Å²) in [6, 6.07) is 17.2. The van der Waals surface area contributed by atoms with Crippen molar-refractivity contribution in [2.75, 3.05) is 0 Å². The fourth-order valence-electron chi connectivity index (χ4n) is 4.30. The molecular formula is C22H22Cl2SiZr. The number of rotatable bonds is 3. The van der Waals surface area contributed by atoms with Gasteiger partial charge >= 0.3 is 165 Å². The topological polar surface area (TPSA) is 0 Å². The predicted octanol–water partition coefficient (Wildman–Crippen LogP) is 7.58. The first-order valence-corrected chi connectivity index (χ1v) is 24.4. The molecule has 2 aliphatic rings. The maximum absolute atomic E-state index is 7.63. The summed E-state index contributed by atoms with van der Waals surface area (Å²) in [5.74, 6) is 0. The molecule has 1 unspecified atom stereocenters. The van der Waals surface area contributed by atoms with Crippen LogP contribution in [0.15, 0.2) is 78.9 Å². The Bertz CT molecular complexity index is 1010. The van der Waals surface area contributed by atoms with E-state index in [9.17, 15) is 0 Å². The summed E-state index contributed by atoms with van der Waals surface area (Å²) in [4.78, 5) is 0. The van der Waals surface area contributed by atoms with E-state index in [1.54, 1.807) is 0 Å². The molecule has 0 N–H and O–H groups in total. The molecule has 0 bridgehead atoms. The van der Waals surface area contributed by atoms with Gasteiger partial charge in [0.05, 0.1) is 0 Å². The van der Waals surface area contributed by atoms with Crippen molar-refractivity contribution in [3.63, 3.8) is 0 Å². The van der Waals surface area contributed by atoms with Gasteiger partial charge in [0, 0.05) is 0 Å². The molecule has 1 atom stereocenters. The normalized spacial score (nSPS) is 19.2. The first kappa shape index (κ1) is 18.7. The average molecular weight is 477 g/mol. The summed E-state index contributed by atoms with van der Waals surface area (Å²) in [5.41, 5.74) is 4.26. The zero-order valence-electron chi connectivity index (χ0n) is 15.0. The summed E-state index contributed by atoms with van der Waals surface area (Å²) < 4.78 is 0.407. The van der Waals surface area contributed by atoms with Crippen LogP contribution in [0.2, 0.25) is 16.7 Å². The van der Waals surface area contributed by atoms with Crippen LogP contribution in [-0.4, -0.2) is 5.43 Å². The maximum atomic E-state index is 7.63. The van der Waals surface area contributed by atoms with Gasteiger partial charge < -0.3 is 0 Å². The van der Waals surface area contributed by atoms with Crippen molar-refractivity contribution in [3.05, 3.63) is 90.0 Å². The molecule has 26 heavy (non-hydrogen) atoms. The van der Waals surface area contributed by atoms with Gasteiger partial charge in [-0.25, -0.2) is 0 Å². The summed E-state index contributed by atoms with van der Waals surface area (Å²) in [5, 5.41) is 0. The molecule has 2 aromatic carbocycles. The van der Waals surface area contributed by atoms with Crippen LogP contribution in [0, 0.1) is 0 Å². The molecular weight excluding hydrogens is 454 g/mol. The Hall–Kier alpha value is -0.660. The van der Waals surface area contributed by atoms with Crippen LogP contribution in [0.25, 0.3) is 17.2 Å². The van der Waals surface area contributed by atoms with Crippen molar-refractivity contribution >= 4 is 28.5 Å². The molecule has 4 rings (SSSR count). The van der Waals surface area contributed by atoms with Crippen LogP contribution in [0.3, 0.4) is 0 Å². The van der Waals surface area contributed by atoms with Crippen molar-refractivity contribution < 1.29 is 15.0 Å². The fraction of sp³-hybridized carbons (Fsp3) is 0.182. The zero-order chi connectivity index (χ0) is 18.4. The van der Waals surface area contributed by atoms with E-state index < -0.39 is 20.4 Å². The van der Waals surface area contributed by atoms with Crippen molar-refractivity contribution in [2.45, 2.75) is 20.3 Å². The zero-order valence-corrected chi connectivity index (χ0v) is 20.0. The Morgan fingerprint density at radius 2 is 1.54 bits per heavy atom. The quantitative estimate of drug-likeness (QED) is 0.401. The Balaban J connectivity index is 1.92. The van der Waals surface area contributed by atoms with E-state index in [1.165, 1.54) is 22.3 Å². The molecule has 2 aliphatic carbocycles. The second-order valence-electron chi connectivity index (χ2n) is 7.46. The van der Waals surface area contributed by atoms with Gasteiger partial charge in [0.2, 0.25) is 0 Å². The van der Waals surface area contributed by atoms with Crippen LogP contribution in [0.1, 0.15) is 14.8 Å². The van der Waals surface area contributed by atoms with Gasteiger partial charge in [-0.2, -0.15) is 0 Å². The van der Waals surface area contributed by atoms with Crippen molar-refractivity contribution in [1.82, 2.24) is 0 Å². The van der Waals surface area contributed by atoms with E-state index in [-0.39, 0.29) is 7.25 Å². The van der Waals surface area contributed by atoms with Crippen LogP contribution in [0.4, 0.5) is 0 Å². The Morgan fingerprint density at radius 1 is 0.846 bits per heavy atom. The molecule has 132 valence electrons. The molecule has 0 nitrogen and oxygen atoms in total. The van der Waals surface area contributed by atoms with Gasteiger partial charge in [0.25, 0.3) is 0 Å². The molecule has 4 heteroatoms. The van der Waals surface area contributed by atoms with E-state index in [0.717, 1.165) is 0 Å². The number of halogens is 2. The van der Waals surface area contributed by atoms with Gasteiger partial charge in [0.15, 0.2) is 0 Å². The second kappa shape index (κ2) is 6.74. The van der Waals surface area contributed by atoms with E-state index in [4.69, 9.17) is 17.0 Å². The van der Waals surface area contributed by atoms with Gasteiger partial charge in [-0.3, -0.25) is 0 Å². The molecule has 0 spiro atoms. The van der Waals surface area contributed by atoms with E-state index >= 15 is 0 Å². The molecule has 0 amide bonds. The Labute approximate surface area is 164 Å². The Morgan fingerprint density at radius 3 is 2.19 bits per heavy atom. The van der Waals surface area contributed by atoms with Gasteiger partial charge in [0.1, 0.15) is 0 Å². The number of benzene rings is 2. The summed E-state index contributed by atoms with van der Waals surface area (Å²) in [7, 11) is 15.3. The van der Waals surface area contributed by atoms with Crippen LogP contribution < -0.4 is 0 Å². The molecule has 0 radical (unpaired) electrons. The van der Waals surface area contributed by atoms with Crippen molar-refractivity contribution in [1.29, 1.82) is 0 Å². The third-order valence-corrected chi connectivity index (χ3v) is 52.9. The summed E-state index contributed by atoms with van der Waals surface area (Å²) >= 11 is -4.14. The number of hydrogen-bond acceptors (Lipinski definition) is 0. The Kier molecular flexibility index (Phi) is 4.85. The third-order valence-electron chi connectivity index (χ3n) is 5.90. The van der Waals surface area contributed by atoms with E-state index in [0.29, 0.717) is 0 Å². The van der Waals surface area contributed by atoms with Gasteiger partial charge in [-0.1, -0.05) is 0 Å². The molecule has 2 aromatic rings. The predicted molar refractivity (Wildman–Crippen MR) is 115 cm³/mol. The molecule has 0 fully saturated rings. The average Bonchev–Trinajstić information content (AvgIpc) is 3.32. The first-order chi connectivity index (χ1) is 12.4. The summed E-state index contributed by atoms with van der Waals surface area (Å²) in [6.07, 6.45) is 13.2. The van der Waals surface area contributed by atoms with E-state index in [2.05, 4.69) is 98.1 Å². The summed E-state index contributed by atoms with van der Waals surface area (Å²) in [6.45, 7) is 4.62.